The lowest BCUT2D eigenvalue weighted by molar-refractivity contribution is -0.137. The molecule has 160 valence electrons. The van der Waals surface area contributed by atoms with Gasteiger partial charge >= 0.3 is 6.18 Å². The second-order valence-electron chi connectivity index (χ2n) is 9.06. The maximum atomic E-state index is 12.9. The summed E-state index contributed by atoms with van der Waals surface area (Å²) in [5, 5.41) is 0. The highest BCUT2D eigenvalue weighted by Crippen LogP contribution is 2.36. The summed E-state index contributed by atoms with van der Waals surface area (Å²) < 4.78 is 38.6. The van der Waals surface area contributed by atoms with E-state index in [2.05, 4.69) is 30.9 Å². The minimum atomic E-state index is -4.33. The Labute approximate surface area is 175 Å². The van der Waals surface area contributed by atoms with E-state index in [-0.39, 0.29) is 11.3 Å². The second kappa shape index (κ2) is 7.73. The average Bonchev–Trinajstić information content (AvgIpc) is 3.21. The number of benzene rings is 2. The minimum absolute atomic E-state index is 0.0997. The minimum Gasteiger partial charge on any atom is -0.342 e. The molecule has 0 atom stereocenters. The van der Waals surface area contributed by atoms with Gasteiger partial charge in [-0.25, -0.2) is 0 Å². The van der Waals surface area contributed by atoms with E-state index in [4.69, 9.17) is 0 Å². The predicted octanol–water partition coefficient (Wildman–Crippen LogP) is 5.09. The fourth-order valence-corrected chi connectivity index (χ4v) is 4.73. The van der Waals surface area contributed by atoms with Crippen LogP contribution in [0.15, 0.2) is 42.5 Å². The number of hydrogen-bond acceptors (Lipinski definition) is 2. The Morgan fingerprint density at radius 1 is 1.00 bits per heavy atom. The summed E-state index contributed by atoms with van der Waals surface area (Å²) >= 11 is 0. The summed E-state index contributed by atoms with van der Waals surface area (Å²) in [6, 6.07) is 11.4. The number of amides is 1. The molecule has 0 aliphatic carbocycles. The van der Waals surface area contributed by atoms with E-state index in [9.17, 15) is 18.0 Å². The molecule has 0 unspecified atom stereocenters. The summed E-state index contributed by atoms with van der Waals surface area (Å²) in [4.78, 5) is 16.8. The van der Waals surface area contributed by atoms with Gasteiger partial charge in [-0.15, -0.1) is 0 Å². The van der Waals surface area contributed by atoms with Crippen molar-refractivity contribution in [2.45, 2.75) is 44.8 Å². The molecule has 3 nitrogen and oxygen atoms in total. The highest BCUT2D eigenvalue weighted by Gasteiger charge is 2.34. The number of fused-ring (bicyclic) bond motifs is 1. The standard InChI is InChI=1S/C24H27F3N2O/c1-23(2)16-28(15-22(30)29-11-3-4-12-29)14-19-13-18(7-10-21(19)23)17-5-8-20(9-6-17)24(25,26)27/h5-10,13H,3-4,11-12,14-16H2,1-2H3. The fraction of sp³-hybridized carbons (Fsp3) is 0.458. The first-order valence-electron chi connectivity index (χ1n) is 10.4. The van der Waals surface area contributed by atoms with E-state index < -0.39 is 11.7 Å². The lowest BCUT2D eigenvalue weighted by Gasteiger charge is -2.40. The molecule has 0 aromatic heterocycles. The first kappa shape index (κ1) is 20.9. The van der Waals surface area contributed by atoms with Crippen molar-refractivity contribution in [2.24, 2.45) is 0 Å². The monoisotopic (exact) mass is 416 g/mol. The number of rotatable bonds is 3. The molecule has 1 saturated heterocycles. The van der Waals surface area contributed by atoms with Gasteiger partial charge in [-0.1, -0.05) is 38.1 Å². The van der Waals surface area contributed by atoms with Gasteiger partial charge in [0.2, 0.25) is 5.91 Å². The molecule has 6 heteroatoms. The Morgan fingerprint density at radius 2 is 1.63 bits per heavy atom. The molecule has 2 aliphatic heterocycles. The number of carbonyl (C=O) groups excluding carboxylic acids is 1. The number of alkyl halides is 3. The zero-order chi connectivity index (χ0) is 21.5. The van der Waals surface area contributed by atoms with E-state index in [0.717, 1.165) is 61.3 Å². The van der Waals surface area contributed by atoms with Gasteiger partial charge in [0, 0.05) is 31.6 Å². The average molecular weight is 416 g/mol. The van der Waals surface area contributed by atoms with Gasteiger partial charge in [0.25, 0.3) is 0 Å². The molecular formula is C24H27F3N2O. The van der Waals surface area contributed by atoms with Crippen LogP contribution in [0.2, 0.25) is 0 Å². The molecule has 2 heterocycles. The first-order chi connectivity index (χ1) is 14.1. The van der Waals surface area contributed by atoms with Crippen LogP contribution in [0.1, 0.15) is 43.4 Å². The molecule has 4 rings (SSSR count). The fourth-order valence-electron chi connectivity index (χ4n) is 4.73. The van der Waals surface area contributed by atoms with Gasteiger partial charge < -0.3 is 4.90 Å². The zero-order valence-electron chi connectivity index (χ0n) is 17.4. The molecule has 2 aromatic carbocycles. The SMILES string of the molecule is CC1(C)CN(CC(=O)N2CCCC2)Cc2cc(-c3ccc(C(F)(F)F)cc3)ccc21. The van der Waals surface area contributed by atoms with Crippen LogP contribution in [0.5, 0.6) is 0 Å². The summed E-state index contributed by atoms with van der Waals surface area (Å²) in [7, 11) is 0. The number of carbonyl (C=O) groups is 1. The third-order valence-corrected chi connectivity index (χ3v) is 6.21. The van der Waals surface area contributed by atoms with Crippen molar-refractivity contribution in [2.75, 3.05) is 26.2 Å². The molecule has 0 N–H and O–H groups in total. The topological polar surface area (TPSA) is 23.6 Å². The van der Waals surface area contributed by atoms with Crippen LogP contribution in [0, 0.1) is 0 Å². The predicted molar refractivity (Wildman–Crippen MR) is 111 cm³/mol. The molecule has 2 aliphatic rings. The summed E-state index contributed by atoms with van der Waals surface area (Å²) in [6.45, 7) is 7.95. The van der Waals surface area contributed by atoms with Crippen molar-refractivity contribution >= 4 is 5.91 Å². The van der Waals surface area contributed by atoms with Crippen molar-refractivity contribution < 1.29 is 18.0 Å². The summed E-state index contributed by atoms with van der Waals surface area (Å²) in [5.74, 6) is 0.186. The highest BCUT2D eigenvalue weighted by molar-refractivity contribution is 5.78. The molecule has 0 bridgehead atoms. The Hall–Kier alpha value is -2.34. The Bertz CT molecular complexity index is 928. The van der Waals surface area contributed by atoms with Crippen molar-refractivity contribution in [1.82, 2.24) is 9.80 Å². The molecular weight excluding hydrogens is 389 g/mol. The van der Waals surface area contributed by atoms with E-state index >= 15 is 0 Å². The number of nitrogens with zero attached hydrogens (tertiary/aromatic N) is 2. The number of halogens is 3. The van der Waals surface area contributed by atoms with Crippen molar-refractivity contribution in [3.8, 4) is 11.1 Å². The maximum absolute atomic E-state index is 12.9. The third kappa shape index (κ3) is 4.24. The van der Waals surface area contributed by atoms with Crippen LogP contribution in [0.25, 0.3) is 11.1 Å². The first-order valence-corrected chi connectivity index (χ1v) is 10.4. The van der Waals surface area contributed by atoms with Gasteiger partial charge in [-0.2, -0.15) is 13.2 Å². The third-order valence-electron chi connectivity index (χ3n) is 6.21. The number of likely N-dealkylation sites (tertiary alicyclic amines) is 1. The highest BCUT2D eigenvalue weighted by atomic mass is 19.4. The van der Waals surface area contributed by atoms with Crippen LogP contribution >= 0.6 is 0 Å². The van der Waals surface area contributed by atoms with Gasteiger partial charge in [0.05, 0.1) is 12.1 Å². The zero-order valence-corrected chi connectivity index (χ0v) is 17.4. The Balaban J connectivity index is 1.57. The van der Waals surface area contributed by atoms with Crippen LogP contribution in [-0.2, 0) is 22.9 Å². The van der Waals surface area contributed by atoms with Gasteiger partial charge in [0.1, 0.15) is 0 Å². The lowest BCUT2D eigenvalue weighted by Crippen LogP contribution is -2.46. The normalized spacial score (nSPS) is 19.0. The van der Waals surface area contributed by atoms with Gasteiger partial charge in [-0.05, 0) is 53.3 Å². The van der Waals surface area contributed by atoms with Gasteiger partial charge in [0.15, 0.2) is 0 Å². The molecule has 2 aromatic rings. The largest absolute Gasteiger partial charge is 0.416 e. The van der Waals surface area contributed by atoms with Crippen LogP contribution in [-0.4, -0.2) is 41.9 Å². The Kier molecular flexibility index (Phi) is 5.39. The van der Waals surface area contributed by atoms with Crippen molar-refractivity contribution in [1.29, 1.82) is 0 Å². The molecule has 0 saturated carbocycles. The smallest absolute Gasteiger partial charge is 0.342 e. The molecule has 30 heavy (non-hydrogen) atoms. The summed E-state index contributed by atoms with van der Waals surface area (Å²) in [6.07, 6.45) is -2.17. The van der Waals surface area contributed by atoms with Crippen molar-refractivity contribution in [3.05, 3.63) is 59.2 Å². The molecule has 1 amide bonds. The van der Waals surface area contributed by atoms with Crippen LogP contribution < -0.4 is 0 Å². The molecule has 1 fully saturated rings. The van der Waals surface area contributed by atoms with Crippen molar-refractivity contribution in [3.63, 3.8) is 0 Å². The van der Waals surface area contributed by atoms with E-state index in [1.807, 2.05) is 11.0 Å². The molecule has 0 spiro atoms. The second-order valence-corrected chi connectivity index (χ2v) is 9.06. The quantitative estimate of drug-likeness (QED) is 0.696. The van der Waals surface area contributed by atoms with E-state index in [0.29, 0.717) is 13.1 Å². The van der Waals surface area contributed by atoms with Crippen LogP contribution in [0.4, 0.5) is 13.2 Å². The van der Waals surface area contributed by atoms with E-state index in [1.165, 1.54) is 17.7 Å². The molecule has 0 radical (unpaired) electrons. The lowest BCUT2D eigenvalue weighted by atomic mass is 9.77. The number of hydrogen-bond donors (Lipinski definition) is 0. The Morgan fingerprint density at radius 3 is 2.27 bits per heavy atom. The van der Waals surface area contributed by atoms with Crippen LogP contribution in [0.3, 0.4) is 0 Å². The van der Waals surface area contributed by atoms with Gasteiger partial charge in [-0.3, -0.25) is 9.69 Å². The van der Waals surface area contributed by atoms with E-state index in [1.54, 1.807) is 0 Å². The maximum Gasteiger partial charge on any atom is 0.416 e. The summed E-state index contributed by atoms with van der Waals surface area (Å²) in [5.41, 5.74) is 3.29.